The third-order valence-electron chi connectivity index (χ3n) is 7.19. The first-order chi connectivity index (χ1) is 18.6. The number of ether oxygens (including phenoxy) is 3. The summed E-state index contributed by atoms with van der Waals surface area (Å²) in [5.74, 6) is 1.28. The maximum absolute atomic E-state index is 13.8. The van der Waals surface area contributed by atoms with E-state index < -0.39 is 0 Å². The molecule has 0 unspecified atom stereocenters. The van der Waals surface area contributed by atoms with Crippen LogP contribution >= 0.6 is 11.3 Å². The molecule has 0 spiro atoms. The Morgan fingerprint density at radius 3 is 2.74 bits per heavy atom. The summed E-state index contributed by atoms with van der Waals surface area (Å²) >= 11 is 1.72. The summed E-state index contributed by atoms with van der Waals surface area (Å²) in [7, 11) is 1.62. The van der Waals surface area contributed by atoms with Gasteiger partial charge in [0.25, 0.3) is 0 Å². The van der Waals surface area contributed by atoms with Crippen molar-refractivity contribution in [1.82, 2.24) is 9.80 Å². The zero-order valence-corrected chi connectivity index (χ0v) is 22.5. The fourth-order valence-electron chi connectivity index (χ4n) is 5.17. The lowest BCUT2D eigenvalue weighted by atomic mass is 10.00. The van der Waals surface area contributed by atoms with Gasteiger partial charge in [0.2, 0.25) is 11.8 Å². The van der Waals surface area contributed by atoms with E-state index in [1.54, 1.807) is 23.3 Å². The van der Waals surface area contributed by atoms with Gasteiger partial charge in [0.15, 0.2) is 0 Å². The van der Waals surface area contributed by atoms with E-state index in [0.717, 1.165) is 36.1 Å². The van der Waals surface area contributed by atoms with Crippen LogP contribution in [0.15, 0.2) is 66.0 Å². The van der Waals surface area contributed by atoms with E-state index in [4.69, 9.17) is 14.2 Å². The smallest absolute Gasteiger partial charge is 0.242 e. The van der Waals surface area contributed by atoms with Gasteiger partial charge in [-0.15, -0.1) is 11.3 Å². The molecule has 0 radical (unpaired) electrons. The zero-order valence-electron chi connectivity index (χ0n) is 21.7. The lowest BCUT2D eigenvalue weighted by Crippen LogP contribution is -2.49. The average molecular weight is 535 g/mol. The predicted octanol–water partition coefficient (Wildman–Crippen LogP) is 4.51. The summed E-state index contributed by atoms with van der Waals surface area (Å²) in [4.78, 5) is 32.1. The van der Waals surface area contributed by atoms with E-state index in [-0.39, 0.29) is 36.9 Å². The second-order valence-electron chi connectivity index (χ2n) is 9.71. The number of fused-ring (bicyclic) bond motifs is 1. The molecule has 2 aliphatic heterocycles. The lowest BCUT2D eigenvalue weighted by Gasteiger charge is -2.37. The summed E-state index contributed by atoms with van der Waals surface area (Å²) in [5.41, 5.74) is 2.06. The number of nitrogens with zero attached hydrogens (tertiary/aromatic N) is 2. The first kappa shape index (κ1) is 26.3. The molecule has 8 heteroatoms. The second kappa shape index (κ2) is 12.5. The van der Waals surface area contributed by atoms with Gasteiger partial charge in [-0.25, -0.2) is 0 Å². The van der Waals surface area contributed by atoms with Gasteiger partial charge in [-0.3, -0.25) is 9.59 Å². The van der Waals surface area contributed by atoms with Crippen molar-refractivity contribution in [2.75, 3.05) is 40.0 Å². The van der Waals surface area contributed by atoms with Gasteiger partial charge >= 0.3 is 0 Å². The van der Waals surface area contributed by atoms with Crippen molar-refractivity contribution < 1.29 is 23.8 Å². The van der Waals surface area contributed by atoms with Gasteiger partial charge in [0.1, 0.15) is 18.1 Å². The number of hydrogen-bond donors (Lipinski definition) is 0. The van der Waals surface area contributed by atoms with Crippen LogP contribution in [0.3, 0.4) is 0 Å². The Balaban J connectivity index is 1.32. The Morgan fingerprint density at radius 1 is 1.11 bits per heavy atom. The van der Waals surface area contributed by atoms with Gasteiger partial charge in [0, 0.05) is 30.6 Å². The summed E-state index contributed by atoms with van der Waals surface area (Å²) in [6, 6.07) is 19.0. The van der Waals surface area contributed by atoms with Crippen molar-refractivity contribution >= 4 is 23.2 Å². The summed E-state index contributed by atoms with van der Waals surface area (Å²) in [6.07, 6.45) is 2.92. The van der Waals surface area contributed by atoms with E-state index in [2.05, 4.69) is 11.4 Å². The van der Waals surface area contributed by atoms with Crippen molar-refractivity contribution in [2.24, 2.45) is 0 Å². The Labute approximate surface area is 227 Å². The van der Waals surface area contributed by atoms with Gasteiger partial charge in [-0.1, -0.05) is 36.4 Å². The minimum Gasteiger partial charge on any atom is -0.497 e. The normalized spacial score (nSPS) is 18.6. The van der Waals surface area contributed by atoms with Crippen molar-refractivity contribution in [1.29, 1.82) is 0 Å². The third-order valence-corrected chi connectivity index (χ3v) is 8.19. The average Bonchev–Trinajstić information content (AvgIpc) is 3.64. The van der Waals surface area contributed by atoms with Crippen molar-refractivity contribution in [2.45, 2.75) is 37.8 Å². The number of methoxy groups -OCH3 is 1. The molecule has 2 aromatic carbocycles. The van der Waals surface area contributed by atoms with Gasteiger partial charge < -0.3 is 24.0 Å². The van der Waals surface area contributed by atoms with Crippen molar-refractivity contribution in [3.8, 4) is 11.5 Å². The Morgan fingerprint density at radius 2 is 1.95 bits per heavy atom. The SMILES string of the molecule is COc1cccc(OC[C@@H]2c3ccsc3CCN2C(=O)CN(C[C@H]2CCCO2)C(=O)Cc2ccccc2)c1. The zero-order chi connectivity index (χ0) is 26.3. The number of thiophene rings is 1. The maximum Gasteiger partial charge on any atom is 0.242 e. The molecule has 0 N–H and O–H groups in total. The van der Waals surface area contributed by atoms with Gasteiger partial charge in [-0.2, -0.15) is 0 Å². The minimum atomic E-state index is -0.225. The molecule has 1 aromatic heterocycles. The number of carbonyl (C=O) groups is 2. The fraction of sp³-hybridized carbons (Fsp3) is 0.400. The van der Waals surface area contributed by atoms with E-state index in [1.807, 2.05) is 59.5 Å². The number of benzene rings is 2. The first-order valence-corrected chi connectivity index (χ1v) is 14.0. The number of carbonyl (C=O) groups excluding carboxylic acids is 2. The molecule has 2 aliphatic rings. The molecule has 7 nitrogen and oxygen atoms in total. The van der Waals surface area contributed by atoms with Crippen LogP contribution in [0.4, 0.5) is 0 Å². The standard InChI is InChI=1S/C30H34N2O5S/c1-35-23-9-5-10-24(18-23)37-21-27-26-13-16-38-28(26)12-14-32(27)30(34)20-31(19-25-11-6-15-36-25)29(33)17-22-7-3-2-4-8-22/h2-5,7-10,13,16,18,25,27H,6,11-12,14-15,17,19-21H2,1H3/t25-,27-/m1/s1. The van der Waals surface area contributed by atoms with Crippen molar-refractivity contribution in [3.63, 3.8) is 0 Å². The van der Waals surface area contributed by atoms with E-state index in [9.17, 15) is 9.59 Å². The molecule has 3 aromatic rings. The van der Waals surface area contributed by atoms with Crippen LogP contribution in [-0.4, -0.2) is 67.7 Å². The van der Waals surface area contributed by atoms with E-state index in [0.29, 0.717) is 32.1 Å². The Kier molecular flexibility index (Phi) is 8.61. The molecule has 2 atom stereocenters. The molecule has 0 saturated carbocycles. The Bertz CT molecular complexity index is 1220. The highest BCUT2D eigenvalue weighted by molar-refractivity contribution is 7.10. The van der Waals surface area contributed by atoms with Crippen molar-refractivity contribution in [3.05, 3.63) is 82.0 Å². The van der Waals surface area contributed by atoms with Crippen LogP contribution in [0, 0.1) is 0 Å². The van der Waals surface area contributed by atoms with Crippen LogP contribution < -0.4 is 9.47 Å². The topological polar surface area (TPSA) is 68.3 Å². The number of amides is 2. The van der Waals surface area contributed by atoms with E-state index in [1.165, 1.54) is 4.88 Å². The van der Waals surface area contributed by atoms with Crippen LogP contribution in [0.1, 0.15) is 34.9 Å². The predicted molar refractivity (Wildman–Crippen MR) is 147 cm³/mol. The number of hydrogen-bond acceptors (Lipinski definition) is 6. The van der Waals surface area contributed by atoms with Crippen LogP contribution in [0.2, 0.25) is 0 Å². The van der Waals surface area contributed by atoms with E-state index >= 15 is 0 Å². The molecular weight excluding hydrogens is 500 g/mol. The summed E-state index contributed by atoms with van der Waals surface area (Å²) in [5, 5.41) is 2.07. The molecule has 1 saturated heterocycles. The second-order valence-corrected chi connectivity index (χ2v) is 10.7. The fourth-order valence-corrected chi connectivity index (χ4v) is 6.09. The monoisotopic (exact) mass is 534 g/mol. The third kappa shape index (κ3) is 6.37. The molecule has 5 rings (SSSR count). The summed E-state index contributed by atoms with van der Waals surface area (Å²) in [6.45, 7) is 2.09. The molecule has 38 heavy (non-hydrogen) atoms. The van der Waals surface area contributed by atoms with Crippen LogP contribution in [0.25, 0.3) is 0 Å². The lowest BCUT2D eigenvalue weighted by molar-refractivity contribution is -0.143. The molecule has 3 heterocycles. The molecule has 200 valence electrons. The molecule has 0 bridgehead atoms. The quantitative estimate of drug-likeness (QED) is 0.383. The summed E-state index contributed by atoms with van der Waals surface area (Å²) < 4.78 is 17.3. The molecule has 1 fully saturated rings. The van der Waals surface area contributed by atoms with Crippen LogP contribution in [0.5, 0.6) is 11.5 Å². The highest BCUT2D eigenvalue weighted by Gasteiger charge is 2.34. The largest absolute Gasteiger partial charge is 0.497 e. The molecular formula is C30H34N2O5S. The Hall–Kier alpha value is -3.36. The molecule has 2 amide bonds. The molecule has 0 aliphatic carbocycles. The first-order valence-electron chi connectivity index (χ1n) is 13.2. The van der Waals surface area contributed by atoms with Gasteiger partial charge in [-0.05, 0) is 54.0 Å². The minimum absolute atomic E-state index is 0.0282. The highest BCUT2D eigenvalue weighted by Crippen LogP contribution is 2.34. The highest BCUT2D eigenvalue weighted by atomic mass is 32.1. The maximum atomic E-state index is 13.8. The van der Waals surface area contributed by atoms with Crippen LogP contribution in [-0.2, 0) is 27.2 Å². The van der Waals surface area contributed by atoms with Gasteiger partial charge in [0.05, 0.1) is 32.2 Å². The number of rotatable bonds is 10.